The van der Waals surface area contributed by atoms with Crippen molar-refractivity contribution in [3.8, 4) is 0 Å². The van der Waals surface area contributed by atoms with Crippen molar-refractivity contribution in [1.82, 2.24) is 9.88 Å². The van der Waals surface area contributed by atoms with E-state index in [0.29, 0.717) is 16.8 Å². The second-order valence-corrected chi connectivity index (χ2v) is 8.41. The Morgan fingerprint density at radius 2 is 1.97 bits per heavy atom. The molecule has 1 aromatic carbocycles. The van der Waals surface area contributed by atoms with Gasteiger partial charge in [-0.15, -0.1) is 0 Å². The fourth-order valence-electron chi connectivity index (χ4n) is 4.86. The molecule has 0 saturated carbocycles. The van der Waals surface area contributed by atoms with Crippen LogP contribution in [0.2, 0.25) is 0 Å². The summed E-state index contributed by atoms with van der Waals surface area (Å²) in [6.07, 6.45) is 7.86. The molecule has 1 aliphatic heterocycles. The molecule has 1 amide bonds. The average molecular weight is 405 g/mol. The van der Waals surface area contributed by atoms with E-state index < -0.39 is 0 Å². The van der Waals surface area contributed by atoms with Gasteiger partial charge in [0.05, 0.1) is 5.69 Å². The maximum atomic E-state index is 13.2. The van der Waals surface area contributed by atoms with Crippen molar-refractivity contribution in [2.24, 2.45) is 0 Å². The van der Waals surface area contributed by atoms with Gasteiger partial charge in [0.1, 0.15) is 11.3 Å². The number of hydrogen-bond donors (Lipinski definition) is 2. The number of carbonyl (C=O) groups is 1. The molecule has 3 aromatic rings. The Balaban J connectivity index is 1.50. The van der Waals surface area contributed by atoms with Crippen LogP contribution in [-0.4, -0.2) is 23.6 Å². The number of nitrogens with zero attached hydrogens (tertiary/aromatic N) is 1. The van der Waals surface area contributed by atoms with E-state index >= 15 is 0 Å². The van der Waals surface area contributed by atoms with E-state index in [4.69, 9.17) is 4.42 Å². The third kappa shape index (κ3) is 3.25. The van der Waals surface area contributed by atoms with E-state index in [0.717, 1.165) is 62.8 Å². The van der Waals surface area contributed by atoms with Gasteiger partial charge in [0, 0.05) is 29.6 Å². The predicted molar refractivity (Wildman–Crippen MR) is 117 cm³/mol. The number of carbonyl (C=O) groups excluding carboxylic acids is 1. The highest BCUT2D eigenvalue weighted by molar-refractivity contribution is 6.09. The minimum absolute atomic E-state index is 0.131. The Hall–Kier alpha value is -2.86. The summed E-state index contributed by atoms with van der Waals surface area (Å²) in [6, 6.07) is 7.83. The summed E-state index contributed by atoms with van der Waals surface area (Å²) in [5, 5.41) is 7.35. The standard InChI is InChI=1S/C24H27N3O3/c1-15-11-14-27(16-9-12-25-13-10-16)24(29)21(15)23(28)26-19-7-4-6-18-17-5-2-3-8-20(17)30-22(18)19/h4,6-7,11,14,16,25H,2-3,5,8-10,12-13H2,1H3,(H,26,28). The SMILES string of the molecule is Cc1ccn(C2CCNCC2)c(=O)c1C(=O)Nc1cccc2c3c(oc12)CCCC3. The Kier molecular flexibility index (Phi) is 4.95. The number of aromatic nitrogens is 1. The van der Waals surface area contributed by atoms with Crippen molar-refractivity contribution in [2.45, 2.75) is 51.5 Å². The third-order valence-electron chi connectivity index (χ3n) is 6.49. The van der Waals surface area contributed by atoms with Crippen molar-refractivity contribution in [3.63, 3.8) is 0 Å². The topological polar surface area (TPSA) is 76.3 Å². The summed E-state index contributed by atoms with van der Waals surface area (Å²) in [4.78, 5) is 26.4. The number of fused-ring (bicyclic) bond motifs is 3. The molecule has 5 rings (SSSR count). The second-order valence-electron chi connectivity index (χ2n) is 8.41. The lowest BCUT2D eigenvalue weighted by atomic mass is 9.96. The molecule has 3 heterocycles. The first-order valence-corrected chi connectivity index (χ1v) is 10.9. The number of para-hydroxylation sites is 1. The Bertz CT molecular complexity index is 1170. The quantitative estimate of drug-likeness (QED) is 0.692. The molecule has 1 saturated heterocycles. The predicted octanol–water partition coefficient (Wildman–Crippen LogP) is 3.96. The smallest absolute Gasteiger partial charge is 0.263 e. The van der Waals surface area contributed by atoms with E-state index in [2.05, 4.69) is 16.7 Å². The molecule has 0 spiro atoms. The maximum absolute atomic E-state index is 13.2. The van der Waals surface area contributed by atoms with Gasteiger partial charge < -0.3 is 19.6 Å². The number of aryl methyl sites for hydroxylation is 3. The molecule has 1 fully saturated rings. The zero-order valence-corrected chi connectivity index (χ0v) is 17.3. The van der Waals surface area contributed by atoms with Gasteiger partial charge in [-0.2, -0.15) is 0 Å². The van der Waals surface area contributed by atoms with Crippen molar-refractivity contribution in [2.75, 3.05) is 18.4 Å². The number of hydrogen-bond acceptors (Lipinski definition) is 4. The number of anilines is 1. The van der Waals surface area contributed by atoms with Crippen LogP contribution in [0.25, 0.3) is 11.0 Å². The minimum atomic E-state index is -0.373. The van der Waals surface area contributed by atoms with Crippen molar-refractivity contribution in [3.05, 3.63) is 63.3 Å². The Labute approximate surface area is 175 Å². The molecule has 0 radical (unpaired) electrons. The van der Waals surface area contributed by atoms with E-state index in [1.165, 1.54) is 5.56 Å². The maximum Gasteiger partial charge on any atom is 0.263 e. The highest BCUT2D eigenvalue weighted by atomic mass is 16.3. The highest BCUT2D eigenvalue weighted by Crippen LogP contribution is 2.35. The van der Waals surface area contributed by atoms with E-state index in [1.54, 1.807) is 4.57 Å². The number of benzene rings is 1. The molecular weight excluding hydrogens is 378 g/mol. The zero-order chi connectivity index (χ0) is 20.7. The van der Waals surface area contributed by atoms with Gasteiger partial charge in [0.15, 0.2) is 5.58 Å². The molecule has 2 aliphatic rings. The normalized spacial score (nSPS) is 17.1. The number of furan rings is 1. The molecule has 0 unspecified atom stereocenters. The first kappa shape index (κ1) is 19.1. The number of nitrogens with one attached hydrogen (secondary N) is 2. The fourth-order valence-corrected chi connectivity index (χ4v) is 4.86. The molecule has 1 aliphatic carbocycles. The molecular formula is C24H27N3O3. The lowest BCUT2D eigenvalue weighted by Gasteiger charge is -2.25. The molecule has 2 aromatic heterocycles. The Morgan fingerprint density at radius 3 is 2.80 bits per heavy atom. The van der Waals surface area contributed by atoms with Crippen LogP contribution in [0.3, 0.4) is 0 Å². The van der Waals surface area contributed by atoms with Gasteiger partial charge in [0.2, 0.25) is 0 Å². The lowest BCUT2D eigenvalue weighted by molar-refractivity contribution is 0.102. The summed E-state index contributed by atoms with van der Waals surface area (Å²) in [7, 11) is 0. The van der Waals surface area contributed by atoms with Crippen LogP contribution in [-0.2, 0) is 12.8 Å². The average Bonchev–Trinajstić information content (AvgIpc) is 3.14. The van der Waals surface area contributed by atoms with Crippen LogP contribution in [0.5, 0.6) is 0 Å². The monoisotopic (exact) mass is 405 g/mol. The fraction of sp³-hybridized carbons (Fsp3) is 0.417. The third-order valence-corrected chi connectivity index (χ3v) is 6.49. The van der Waals surface area contributed by atoms with E-state index in [-0.39, 0.29) is 23.1 Å². The molecule has 156 valence electrons. The molecule has 6 nitrogen and oxygen atoms in total. The van der Waals surface area contributed by atoms with Crippen molar-refractivity contribution >= 4 is 22.6 Å². The molecule has 30 heavy (non-hydrogen) atoms. The minimum Gasteiger partial charge on any atom is -0.459 e. The summed E-state index contributed by atoms with van der Waals surface area (Å²) >= 11 is 0. The van der Waals surface area contributed by atoms with E-state index in [1.807, 2.05) is 31.3 Å². The summed E-state index contributed by atoms with van der Waals surface area (Å²) in [5.74, 6) is 0.657. The van der Waals surface area contributed by atoms with Crippen LogP contribution in [0.15, 0.2) is 39.7 Å². The van der Waals surface area contributed by atoms with Crippen LogP contribution in [0, 0.1) is 6.92 Å². The molecule has 2 N–H and O–H groups in total. The van der Waals surface area contributed by atoms with Gasteiger partial charge in [-0.1, -0.05) is 12.1 Å². The first-order valence-electron chi connectivity index (χ1n) is 10.9. The zero-order valence-electron chi connectivity index (χ0n) is 17.3. The summed E-state index contributed by atoms with van der Waals surface area (Å²) in [5.41, 5.74) is 3.28. The van der Waals surface area contributed by atoms with Crippen LogP contribution in [0.1, 0.15) is 59.0 Å². The number of amides is 1. The van der Waals surface area contributed by atoms with Gasteiger partial charge in [-0.3, -0.25) is 9.59 Å². The summed E-state index contributed by atoms with van der Waals surface area (Å²) in [6.45, 7) is 3.59. The molecule has 0 bridgehead atoms. The number of piperidine rings is 1. The number of rotatable bonds is 3. The number of pyridine rings is 1. The van der Waals surface area contributed by atoms with Crippen LogP contribution in [0.4, 0.5) is 5.69 Å². The van der Waals surface area contributed by atoms with Gasteiger partial charge in [-0.05, 0) is 69.8 Å². The lowest BCUT2D eigenvalue weighted by Crippen LogP contribution is -2.37. The second kappa shape index (κ2) is 7.76. The summed E-state index contributed by atoms with van der Waals surface area (Å²) < 4.78 is 7.86. The molecule has 6 heteroatoms. The first-order chi connectivity index (χ1) is 14.6. The van der Waals surface area contributed by atoms with Gasteiger partial charge >= 0.3 is 0 Å². The van der Waals surface area contributed by atoms with Gasteiger partial charge in [0.25, 0.3) is 11.5 Å². The molecule has 0 atom stereocenters. The largest absolute Gasteiger partial charge is 0.459 e. The van der Waals surface area contributed by atoms with Crippen molar-refractivity contribution < 1.29 is 9.21 Å². The highest BCUT2D eigenvalue weighted by Gasteiger charge is 2.23. The van der Waals surface area contributed by atoms with Gasteiger partial charge in [-0.25, -0.2) is 0 Å². The van der Waals surface area contributed by atoms with Crippen LogP contribution < -0.4 is 16.2 Å². The van der Waals surface area contributed by atoms with E-state index in [9.17, 15) is 9.59 Å². The Morgan fingerprint density at radius 1 is 1.17 bits per heavy atom. The van der Waals surface area contributed by atoms with Crippen LogP contribution >= 0.6 is 0 Å². The van der Waals surface area contributed by atoms with Crippen molar-refractivity contribution in [1.29, 1.82) is 0 Å².